The molecule has 1 saturated heterocycles. The minimum atomic E-state index is -0.417. The van der Waals surface area contributed by atoms with Crippen LogP contribution in [0.1, 0.15) is 18.0 Å². The molecule has 1 fully saturated rings. The number of furan rings is 1. The zero-order chi connectivity index (χ0) is 19.7. The highest BCUT2D eigenvalue weighted by atomic mass is 16.3. The van der Waals surface area contributed by atoms with Crippen LogP contribution in [-0.4, -0.2) is 45.2 Å². The Bertz CT molecular complexity index is 1070. The third-order valence-corrected chi connectivity index (χ3v) is 4.92. The average Bonchev–Trinajstić information content (AvgIpc) is 3.31. The number of carbonyl (C=O) groups excluding carboxylic acids is 2. The van der Waals surface area contributed by atoms with Crippen molar-refractivity contribution >= 4 is 22.7 Å². The number of aromatic nitrogens is 2. The van der Waals surface area contributed by atoms with Crippen molar-refractivity contribution in [3.63, 3.8) is 0 Å². The van der Waals surface area contributed by atoms with Crippen molar-refractivity contribution in [3.8, 4) is 0 Å². The van der Waals surface area contributed by atoms with E-state index in [1.165, 1.54) is 4.90 Å². The summed E-state index contributed by atoms with van der Waals surface area (Å²) < 4.78 is 5.28. The highest BCUT2D eigenvalue weighted by Gasteiger charge is 2.36. The van der Waals surface area contributed by atoms with E-state index in [0.717, 1.165) is 0 Å². The van der Waals surface area contributed by atoms with E-state index in [0.29, 0.717) is 35.6 Å². The molecule has 3 heterocycles. The van der Waals surface area contributed by atoms with Crippen LogP contribution in [0.25, 0.3) is 10.9 Å². The number of carbonyl (C=O) groups is 2. The van der Waals surface area contributed by atoms with Crippen LogP contribution in [0.2, 0.25) is 0 Å². The summed E-state index contributed by atoms with van der Waals surface area (Å²) in [6.07, 6.45) is 1.73. The Morgan fingerprint density at radius 3 is 2.89 bits per heavy atom. The van der Waals surface area contributed by atoms with Crippen molar-refractivity contribution in [1.29, 1.82) is 0 Å². The summed E-state index contributed by atoms with van der Waals surface area (Å²) in [4.78, 5) is 47.5. The lowest BCUT2D eigenvalue weighted by molar-refractivity contribution is -0.135. The molecule has 28 heavy (non-hydrogen) atoms. The predicted molar refractivity (Wildman–Crippen MR) is 101 cm³/mol. The maximum absolute atomic E-state index is 12.8. The smallest absolute Gasteiger partial charge is 0.258 e. The zero-order valence-corrected chi connectivity index (χ0v) is 15.4. The predicted octanol–water partition coefficient (Wildman–Crippen LogP) is 1.52. The normalized spacial score (nSPS) is 16.7. The molecule has 0 radical (unpaired) electrons. The van der Waals surface area contributed by atoms with Crippen LogP contribution in [0.15, 0.2) is 51.9 Å². The Balaban J connectivity index is 1.44. The number of para-hydroxylation sites is 1. The molecule has 2 aromatic heterocycles. The lowest BCUT2D eigenvalue weighted by Crippen LogP contribution is -2.35. The minimum absolute atomic E-state index is 0.0691. The molecule has 2 amide bonds. The first-order chi connectivity index (χ1) is 13.5. The van der Waals surface area contributed by atoms with Gasteiger partial charge >= 0.3 is 0 Å². The fourth-order valence-corrected chi connectivity index (χ4v) is 3.51. The molecule has 0 aliphatic carbocycles. The topological polar surface area (TPSA) is 99.5 Å². The molecule has 0 spiro atoms. The second kappa shape index (κ2) is 7.30. The number of benzene rings is 1. The Morgan fingerprint density at radius 1 is 1.29 bits per heavy atom. The number of hydrogen-bond acceptors (Lipinski definition) is 5. The van der Waals surface area contributed by atoms with Gasteiger partial charge in [-0.15, -0.1) is 0 Å². The molecule has 144 valence electrons. The van der Waals surface area contributed by atoms with Crippen LogP contribution in [0.5, 0.6) is 0 Å². The Kier molecular flexibility index (Phi) is 4.68. The van der Waals surface area contributed by atoms with Crippen LogP contribution in [0.3, 0.4) is 0 Å². The second-order valence-electron chi connectivity index (χ2n) is 6.98. The van der Waals surface area contributed by atoms with Gasteiger partial charge in [-0.1, -0.05) is 12.1 Å². The van der Waals surface area contributed by atoms with E-state index in [1.54, 1.807) is 48.5 Å². The lowest BCUT2D eigenvalue weighted by Gasteiger charge is -2.21. The summed E-state index contributed by atoms with van der Waals surface area (Å²) in [7, 11) is 1.65. The molecule has 1 aliphatic heterocycles. The first-order valence-electron chi connectivity index (χ1n) is 9.04. The van der Waals surface area contributed by atoms with Gasteiger partial charge in [-0.2, -0.15) is 0 Å². The van der Waals surface area contributed by atoms with Crippen LogP contribution >= 0.6 is 0 Å². The summed E-state index contributed by atoms with van der Waals surface area (Å²) in [5.74, 6) is 0.468. The van der Waals surface area contributed by atoms with E-state index in [-0.39, 0.29) is 30.3 Å². The third-order valence-electron chi connectivity index (χ3n) is 4.92. The summed E-state index contributed by atoms with van der Waals surface area (Å²) in [5.41, 5.74) is 0.352. The number of nitrogens with one attached hydrogen (secondary N) is 1. The molecule has 8 nitrogen and oxygen atoms in total. The van der Waals surface area contributed by atoms with Crippen molar-refractivity contribution in [3.05, 3.63) is 64.6 Å². The van der Waals surface area contributed by atoms with Gasteiger partial charge in [0, 0.05) is 20.0 Å². The largest absolute Gasteiger partial charge is 0.467 e. The van der Waals surface area contributed by atoms with Gasteiger partial charge < -0.3 is 19.2 Å². The van der Waals surface area contributed by atoms with Gasteiger partial charge in [0.15, 0.2) is 0 Å². The third kappa shape index (κ3) is 3.53. The van der Waals surface area contributed by atoms with Gasteiger partial charge in [0.25, 0.3) is 5.56 Å². The van der Waals surface area contributed by atoms with E-state index < -0.39 is 5.92 Å². The minimum Gasteiger partial charge on any atom is -0.467 e. The summed E-state index contributed by atoms with van der Waals surface area (Å²) in [6.45, 7) is 0.880. The van der Waals surface area contributed by atoms with Gasteiger partial charge in [0.1, 0.15) is 11.6 Å². The van der Waals surface area contributed by atoms with Crippen LogP contribution in [0, 0.1) is 5.92 Å². The molecule has 0 bridgehead atoms. The van der Waals surface area contributed by atoms with Gasteiger partial charge in [-0.05, 0) is 24.3 Å². The molecule has 1 aromatic carbocycles. The summed E-state index contributed by atoms with van der Waals surface area (Å²) >= 11 is 0. The number of likely N-dealkylation sites (tertiary alicyclic amines) is 1. The standard InChI is InChI=1S/C20H20N4O4/c1-23(12-17-21-16-7-3-2-6-15(16)19(26)22-17)20(27)13-9-18(25)24(10-13)11-14-5-4-8-28-14/h2-8,13H,9-12H2,1H3,(H,21,22,26). The maximum atomic E-state index is 12.8. The first kappa shape index (κ1) is 18.0. The molecule has 4 rings (SSSR count). The summed E-state index contributed by atoms with van der Waals surface area (Å²) in [5, 5.41) is 0.509. The number of nitrogens with zero attached hydrogens (tertiary/aromatic N) is 3. The number of hydrogen-bond donors (Lipinski definition) is 1. The fourth-order valence-electron chi connectivity index (χ4n) is 3.51. The summed E-state index contributed by atoms with van der Waals surface area (Å²) in [6, 6.07) is 10.6. The molecule has 1 aliphatic rings. The van der Waals surface area contributed by atoms with Crippen molar-refractivity contribution < 1.29 is 14.0 Å². The first-order valence-corrected chi connectivity index (χ1v) is 9.04. The molecular formula is C20H20N4O4. The van der Waals surface area contributed by atoms with E-state index in [4.69, 9.17) is 4.42 Å². The van der Waals surface area contributed by atoms with Crippen LogP contribution < -0.4 is 5.56 Å². The van der Waals surface area contributed by atoms with E-state index in [9.17, 15) is 14.4 Å². The number of rotatable bonds is 5. The number of H-pyrrole nitrogens is 1. The van der Waals surface area contributed by atoms with Gasteiger partial charge in [0.05, 0.1) is 36.2 Å². The Morgan fingerprint density at radius 2 is 2.11 bits per heavy atom. The number of amides is 2. The zero-order valence-electron chi connectivity index (χ0n) is 15.4. The highest BCUT2D eigenvalue weighted by Crippen LogP contribution is 2.22. The Labute approximate surface area is 160 Å². The SMILES string of the molecule is CN(Cc1nc2ccccc2c(=O)[nH]1)C(=O)C1CC(=O)N(Cc2ccco2)C1. The number of fused-ring (bicyclic) bond motifs is 1. The van der Waals surface area contributed by atoms with Crippen LogP contribution in [-0.2, 0) is 22.7 Å². The number of aromatic amines is 1. The van der Waals surface area contributed by atoms with Gasteiger partial charge in [0.2, 0.25) is 11.8 Å². The molecule has 3 aromatic rings. The van der Waals surface area contributed by atoms with Crippen molar-refractivity contribution in [2.45, 2.75) is 19.5 Å². The van der Waals surface area contributed by atoms with E-state index in [1.807, 2.05) is 6.07 Å². The van der Waals surface area contributed by atoms with Crippen molar-refractivity contribution in [1.82, 2.24) is 19.8 Å². The van der Waals surface area contributed by atoms with E-state index >= 15 is 0 Å². The lowest BCUT2D eigenvalue weighted by atomic mass is 10.1. The molecule has 1 unspecified atom stereocenters. The molecule has 8 heteroatoms. The monoisotopic (exact) mass is 380 g/mol. The Hall–Kier alpha value is -3.42. The molecular weight excluding hydrogens is 360 g/mol. The molecule has 0 saturated carbocycles. The van der Waals surface area contributed by atoms with E-state index in [2.05, 4.69) is 9.97 Å². The second-order valence-corrected chi connectivity index (χ2v) is 6.98. The van der Waals surface area contributed by atoms with Gasteiger partial charge in [-0.3, -0.25) is 14.4 Å². The fraction of sp³-hybridized carbons (Fsp3) is 0.300. The van der Waals surface area contributed by atoms with Crippen LogP contribution in [0.4, 0.5) is 0 Å². The quantitative estimate of drug-likeness (QED) is 0.724. The van der Waals surface area contributed by atoms with Gasteiger partial charge in [-0.25, -0.2) is 4.98 Å². The average molecular weight is 380 g/mol. The molecule has 1 atom stereocenters. The highest BCUT2D eigenvalue weighted by molar-refractivity contribution is 5.89. The molecule has 1 N–H and O–H groups in total. The van der Waals surface area contributed by atoms with Crippen molar-refractivity contribution in [2.24, 2.45) is 5.92 Å². The van der Waals surface area contributed by atoms with Crippen molar-refractivity contribution in [2.75, 3.05) is 13.6 Å². The maximum Gasteiger partial charge on any atom is 0.258 e.